The number of nitriles is 1. The largest absolute Gasteiger partial charge is 0.480 e. The highest BCUT2D eigenvalue weighted by molar-refractivity contribution is 5.63. The summed E-state index contributed by atoms with van der Waals surface area (Å²) in [7, 11) is 1.57. The van der Waals surface area contributed by atoms with Gasteiger partial charge in [0.1, 0.15) is 11.6 Å². The van der Waals surface area contributed by atoms with Gasteiger partial charge in [-0.2, -0.15) is 5.26 Å². The van der Waals surface area contributed by atoms with E-state index in [1.165, 1.54) is 24.8 Å². The molecule has 2 saturated heterocycles. The minimum absolute atomic E-state index is 0.423. The zero-order valence-electron chi connectivity index (χ0n) is 16.4. The number of hydrogen-bond donors (Lipinski definition) is 0. The van der Waals surface area contributed by atoms with Crippen LogP contribution < -0.4 is 9.64 Å². The molecule has 0 aliphatic carbocycles. The maximum absolute atomic E-state index is 9.55. The fraction of sp³-hybridized carbons (Fsp3) is 0.500. The van der Waals surface area contributed by atoms with Gasteiger partial charge in [-0.3, -0.25) is 9.88 Å². The third-order valence-electron chi connectivity index (χ3n) is 6.19. The fourth-order valence-corrected chi connectivity index (χ4v) is 4.68. The SMILES string of the molecule is COc1nccc(N2CCC(C3CCN(Cc4cccnc4)CC3)C2)c1C#N. The average Bonchev–Trinajstić information content (AvgIpc) is 3.24. The van der Waals surface area contributed by atoms with Crippen molar-refractivity contribution in [2.45, 2.75) is 25.8 Å². The van der Waals surface area contributed by atoms with Gasteiger partial charge >= 0.3 is 0 Å². The van der Waals surface area contributed by atoms with E-state index in [0.717, 1.165) is 44.3 Å². The summed E-state index contributed by atoms with van der Waals surface area (Å²) in [5.41, 5.74) is 2.81. The van der Waals surface area contributed by atoms with E-state index in [2.05, 4.69) is 31.9 Å². The summed E-state index contributed by atoms with van der Waals surface area (Å²) in [4.78, 5) is 13.3. The van der Waals surface area contributed by atoms with E-state index in [4.69, 9.17) is 4.74 Å². The van der Waals surface area contributed by atoms with Gasteiger partial charge in [0.05, 0.1) is 12.8 Å². The lowest BCUT2D eigenvalue weighted by Crippen LogP contribution is -2.36. The van der Waals surface area contributed by atoms with Gasteiger partial charge in [0.25, 0.3) is 0 Å². The lowest BCUT2D eigenvalue weighted by molar-refractivity contribution is 0.147. The number of ether oxygens (including phenoxy) is 1. The van der Waals surface area contributed by atoms with Crippen LogP contribution in [0.3, 0.4) is 0 Å². The molecule has 1 unspecified atom stereocenters. The van der Waals surface area contributed by atoms with Crippen LogP contribution in [0.25, 0.3) is 0 Å². The number of anilines is 1. The van der Waals surface area contributed by atoms with E-state index in [1.807, 2.05) is 24.5 Å². The quantitative estimate of drug-likeness (QED) is 0.798. The fourth-order valence-electron chi connectivity index (χ4n) is 4.68. The third-order valence-corrected chi connectivity index (χ3v) is 6.19. The maximum atomic E-state index is 9.55. The molecule has 0 spiro atoms. The average molecular weight is 377 g/mol. The lowest BCUT2D eigenvalue weighted by atomic mass is 9.83. The molecule has 4 rings (SSSR count). The molecule has 2 aliphatic heterocycles. The van der Waals surface area contributed by atoms with Crippen LogP contribution in [0.1, 0.15) is 30.4 Å². The van der Waals surface area contributed by atoms with E-state index in [-0.39, 0.29) is 0 Å². The summed E-state index contributed by atoms with van der Waals surface area (Å²) in [6.45, 7) is 5.34. The van der Waals surface area contributed by atoms with Gasteiger partial charge in [0.2, 0.25) is 5.88 Å². The van der Waals surface area contributed by atoms with E-state index >= 15 is 0 Å². The van der Waals surface area contributed by atoms with Crippen LogP contribution in [0, 0.1) is 23.2 Å². The Morgan fingerprint density at radius 1 is 1.14 bits per heavy atom. The molecular weight excluding hydrogens is 350 g/mol. The molecule has 2 fully saturated rings. The first-order chi connectivity index (χ1) is 13.8. The molecule has 1 atom stereocenters. The van der Waals surface area contributed by atoms with E-state index in [1.54, 1.807) is 13.3 Å². The van der Waals surface area contributed by atoms with Crippen LogP contribution in [0.5, 0.6) is 5.88 Å². The van der Waals surface area contributed by atoms with Crippen molar-refractivity contribution in [1.82, 2.24) is 14.9 Å². The number of rotatable bonds is 5. The Hall–Kier alpha value is -2.65. The van der Waals surface area contributed by atoms with Gasteiger partial charge in [0.15, 0.2) is 0 Å². The number of pyridine rings is 2. The highest BCUT2D eigenvalue weighted by atomic mass is 16.5. The summed E-state index contributed by atoms with van der Waals surface area (Å²) < 4.78 is 5.27. The van der Waals surface area contributed by atoms with Gasteiger partial charge in [-0.25, -0.2) is 4.98 Å². The van der Waals surface area contributed by atoms with Crippen molar-refractivity contribution in [2.24, 2.45) is 11.8 Å². The second kappa shape index (κ2) is 8.57. The van der Waals surface area contributed by atoms with Crippen molar-refractivity contribution in [2.75, 3.05) is 38.2 Å². The summed E-state index contributed by atoms with van der Waals surface area (Å²) in [5, 5.41) is 9.55. The molecule has 2 aromatic heterocycles. The number of likely N-dealkylation sites (tertiary alicyclic amines) is 1. The zero-order valence-corrected chi connectivity index (χ0v) is 16.4. The minimum Gasteiger partial charge on any atom is -0.480 e. The minimum atomic E-state index is 0.423. The number of nitrogens with zero attached hydrogens (tertiary/aromatic N) is 5. The second-order valence-corrected chi connectivity index (χ2v) is 7.80. The van der Waals surface area contributed by atoms with E-state index < -0.39 is 0 Å². The van der Waals surface area contributed by atoms with Crippen molar-refractivity contribution in [3.05, 3.63) is 47.9 Å². The Morgan fingerprint density at radius 3 is 2.68 bits per heavy atom. The third kappa shape index (κ3) is 3.95. The van der Waals surface area contributed by atoms with Gasteiger partial charge in [0, 0.05) is 38.2 Å². The molecule has 0 aromatic carbocycles. The first kappa shape index (κ1) is 18.7. The standard InChI is InChI=1S/C22H27N5O/c1-28-22-20(13-23)21(4-9-25-22)27-12-7-19(16-27)18-5-10-26(11-6-18)15-17-3-2-8-24-14-17/h2-4,8-9,14,18-19H,5-7,10-12,15-16H2,1H3. The molecule has 146 valence electrons. The first-order valence-electron chi connectivity index (χ1n) is 10.1. The van der Waals surface area contributed by atoms with Crippen LogP contribution in [0.4, 0.5) is 5.69 Å². The van der Waals surface area contributed by atoms with Crippen molar-refractivity contribution < 1.29 is 4.74 Å². The van der Waals surface area contributed by atoms with Gasteiger partial charge in [-0.05, 0) is 61.9 Å². The molecule has 28 heavy (non-hydrogen) atoms. The summed E-state index contributed by atoms with van der Waals surface area (Å²) in [6, 6.07) is 8.39. The Labute approximate surface area is 166 Å². The molecule has 0 bridgehead atoms. The van der Waals surface area contributed by atoms with Crippen LogP contribution in [-0.2, 0) is 6.54 Å². The van der Waals surface area contributed by atoms with Crippen molar-refractivity contribution in [3.63, 3.8) is 0 Å². The van der Waals surface area contributed by atoms with E-state index in [0.29, 0.717) is 17.4 Å². The van der Waals surface area contributed by atoms with Gasteiger partial charge < -0.3 is 9.64 Å². The van der Waals surface area contributed by atoms with Crippen molar-refractivity contribution in [3.8, 4) is 11.9 Å². The number of aromatic nitrogens is 2. The molecule has 0 radical (unpaired) electrons. The highest BCUT2D eigenvalue weighted by Crippen LogP contribution is 2.36. The van der Waals surface area contributed by atoms with Crippen LogP contribution in [0.2, 0.25) is 0 Å². The number of piperidine rings is 1. The molecule has 0 amide bonds. The smallest absolute Gasteiger partial charge is 0.233 e. The van der Waals surface area contributed by atoms with Crippen molar-refractivity contribution >= 4 is 5.69 Å². The highest BCUT2D eigenvalue weighted by Gasteiger charge is 2.33. The predicted octanol–water partition coefficient (Wildman–Crippen LogP) is 3.10. The molecule has 6 heteroatoms. The Balaban J connectivity index is 1.34. The van der Waals surface area contributed by atoms with E-state index in [9.17, 15) is 5.26 Å². The molecular formula is C22H27N5O. The van der Waals surface area contributed by atoms with Gasteiger partial charge in [-0.1, -0.05) is 6.07 Å². The summed E-state index contributed by atoms with van der Waals surface area (Å²) in [6.07, 6.45) is 9.24. The second-order valence-electron chi connectivity index (χ2n) is 7.80. The Kier molecular flexibility index (Phi) is 5.73. The lowest BCUT2D eigenvalue weighted by Gasteiger charge is -2.35. The van der Waals surface area contributed by atoms with Crippen LogP contribution in [-0.4, -0.2) is 48.2 Å². The predicted molar refractivity (Wildman–Crippen MR) is 108 cm³/mol. The monoisotopic (exact) mass is 377 g/mol. The molecule has 4 heterocycles. The number of methoxy groups -OCH3 is 1. The van der Waals surface area contributed by atoms with Gasteiger partial charge in [-0.15, -0.1) is 0 Å². The molecule has 2 aromatic rings. The number of hydrogen-bond acceptors (Lipinski definition) is 6. The topological polar surface area (TPSA) is 65.3 Å². The van der Waals surface area contributed by atoms with Crippen LogP contribution in [0.15, 0.2) is 36.8 Å². The summed E-state index contributed by atoms with van der Waals surface area (Å²) >= 11 is 0. The Morgan fingerprint density at radius 2 is 1.96 bits per heavy atom. The maximum Gasteiger partial charge on any atom is 0.233 e. The molecule has 6 nitrogen and oxygen atoms in total. The zero-order chi connectivity index (χ0) is 19.3. The molecule has 0 saturated carbocycles. The van der Waals surface area contributed by atoms with Crippen LogP contribution >= 0.6 is 0 Å². The molecule has 2 aliphatic rings. The molecule has 0 N–H and O–H groups in total. The first-order valence-corrected chi connectivity index (χ1v) is 10.1. The summed E-state index contributed by atoms with van der Waals surface area (Å²) in [5.74, 6) is 1.89. The van der Waals surface area contributed by atoms with Crippen molar-refractivity contribution in [1.29, 1.82) is 5.26 Å². The Bertz CT molecular complexity index is 827. The normalized spacial score (nSPS) is 20.9.